The number of rotatable bonds is 4. The number of nitrogens with zero attached hydrogens (tertiary/aromatic N) is 2. The third kappa shape index (κ3) is 4.35. The number of piperidine rings is 1. The number of aromatic nitrogens is 2. The fourth-order valence-corrected chi connectivity index (χ4v) is 3.94. The van der Waals surface area contributed by atoms with Crippen LogP contribution in [0.3, 0.4) is 0 Å². The molecule has 2 aliphatic heterocycles. The van der Waals surface area contributed by atoms with Gasteiger partial charge in [0.1, 0.15) is 0 Å². The molecule has 0 radical (unpaired) electrons. The Morgan fingerprint density at radius 3 is 2.36 bits per heavy atom. The smallest absolute Gasteiger partial charge is 0.224 e. The van der Waals surface area contributed by atoms with Gasteiger partial charge in [-0.2, -0.15) is 0 Å². The molecule has 2 aliphatic rings. The SMILES string of the molecule is Cl.O=C(CC1CC2CCC(C1)N2)Nc1cnc(-c2ccccc2)nc1. The molecule has 3 heterocycles. The summed E-state index contributed by atoms with van der Waals surface area (Å²) in [6.07, 6.45) is 8.71. The molecule has 2 aromatic rings. The molecule has 2 fully saturated rings. The fourth-order valence-electron chi connectivity index (χ4n) is 3.94. The predicted octanol–water partition coefficient (Wildman–Crippen LogP) is 3.42. The van der Waals surface area contributed by atoms with Crippen molar-refractivity contribution in [2.24, 2.45) is 5.92 Å². The van der Waals surface area contributed by atoms with Crippen molar-refractivity contribution in [3.05, 3.63) is 42.7 Å². The monoisotopic (exact) mass is 358 g/mol. The van der Waals surface area contributed by atoms with Gasteiger partial charge < -0.3 is 10.6 Å². The first kappa shape index (κ1) is 17.8. The Bertz CT molecular complexity index is 695. The van der Waals surface area contributed by atoms with Crippen molar-refractivity contribution in [2.75, 3.05) is 5.32 Å². The first-order valence-corrected chi connectivity index (χ1v) is 8.69. The first-order valence-electron chi connectivity index (χ1n) is 8.69. The van der Waals surface area contributed by atoms with Crippen LogP contribution in [0.2, 0.25) is 0 Å². The second-order valence-corrected chi connectivity index (χ2v) is 6.89. The molecular formula is C19H23ClN4O. The van der Waals surface area contributed by atoms with Gasteiger partial charge in [0, 0.05) is 24.1 Å². The summed E-state index contributed by atoms with van der Waals surface area (Å²) in [6, 6.07) is 11.1. The summed E-state index contributed by atoms with van der Waals surface area (Å²) in [4.78, 5) is 21.0. The highest BCUT2D eigenvalue weighted by molar-refractivity contribution is 5.90. The van der Waals surface area contributed by atoms with Crippen LogP contribution in [0, 0.1) is 5.92 Å². The van der Waals surface area contributed by atoms with Gasteiger partial charge in [-0.05, 0) is 31.6 Å². The molecule has 2 atom stereocenters. The highest BCUT2D eigenvalue weighted by atomic mass is 35.5. The van der Waals surface area contributed by atoms with Crippen molar-refractivity contribution < 1.29 is 4.79 Å². The van der Waals surface area contributed by atoms with E-state index in [4.69, 9.17) is 0 Å². The van der Waals surface area contributed by atoms with Gasteiger partial charge in [-0.15, -0.1) is 12.4 Å². The van der Waals surface area contributed by atoms with Crippen molar-refractivity contribution in [1.29, 1.82) is 0 Å². The van der Waals surface area contributed by atoms with E-state index in [0.29, 0.717) is 35.9 Å². The summed E-state index contributed by atoms with van der Waals surface area (Å²) in [6.45, 7) is 0. The second-order valence-electron chi connectivity index (χ2n) is 6.89. The van der Waals surface area contributed by atoms with Gasteiger partial charge in [-0.3, -0.25) is 4.79 Å². The lowest BCUT2D eigenvalue weighted by Crippen LogP contribution is -2.39. The molecule has 2 saturated heterocycles. The van der Waals surface area contributed by atoms with Crippen LogP contribution < -0.4 is 10.6 Å². The number of anilines is 1. The van der Waals surface area contributed by atoms with Crippen molar-refractivity contribution in [2.45, 2.75) is 44.2 Å². The van der Waals surface area contributed by atoms with Crippen LogP contribution >= 0.6 is 12.4 Å². The number of halogens is 1. The first-order chi connectivity index (χ1) is 11.8. The molecule has 2 unspecified atom stereocenters. The lowest BCUT2D eigenvalue weighted by atomic mass is 9.89. The normalized spacial score (nSPS) is 24.4. The van der Waals surface area contributed by atoms with Crippen LogP contribution in [-0.2, 0) is 4.79 Å². The summed E-state index contributed by atoms with van der Waals surface area (Å²) in [7, 11) is 0. The Kier molecular flexibility index (Phi) is 5.66. The molecule has 2 bridgehead atoms. The van der Waals surface area contributed by atoms with Crippen molar-refractivity contribution in [3.8, 4) is 11.4 Å². The quantitative estimate of drug-likeness (QED) is 0.878. The summed E-state index contributed by atoms with van der Waals surface area (Å²) in [5.41, 5.74) is 1.64. The molecule has 25 heavy (non-hydrogen) atoms. The molecule has 5 nitrogen and oxygen atoms in total. The minimum atomic E-state index is 0. The van der Waals surface area contributed by atoms with E-state index in [1.807, 2.05) is 30.3 Å². The predicted molar refractivity (Wildman–Crippen MR) is 101 cm³/mol. The Morgan fingerprint density at radius 1 is 1.08 bits per heavy atom. The zero-order valence-corrected chi connectivity index (χ0v) is 14.8. The average Bonchev–Trinajstić information content (AvgIpc) is 2.95. The third-order valence-corrected chi connectivity index (χ3v) is 5.01. The van der Waals surface area contributed by atoms with Crippen molar-refractivity contribution in [3.63, 3.8) is 0 Å². The van der Waals surface area contributed by atoms with Crippen LogP contribution in [0.25, 0.3) is 11.4 Å². The van der Waals surface area contributed by atoms with E-state index >= 15 is 0 Å². The molecule has 6 heteroatoms. The Morgan fingerprint density at radius 2 is 1.72 bits per heavy atom. The molecule has 2 N–H and O–H groups in total. The van der Waals surface area contributed by atoms with Crippen LogP contribution in [-0.4, -0.2) is 28.0 Å². The second kappa shape index (κ2) is 7.93. The largest absolute Gasteiger partial charge is 0.323 e. The number of carbonyl (C=O) groups is 1. The molecule has 0 aliphatic carbocycles. The van der Waals surface area contributed by atoms with Crippen molar-refractivity contribution >= 4 is 24.0 Å². The van der Waals surface area contributed by atoms with Gasteiger partial charge in [0.25, 0.3) is 0 Å². The minimum absolute atomic E-state index is 0. The molecule has 0 spiro atoms. The number of hydrogen-bond donors (Lipinski definition) is 2. The summed E-state index contributed by atoms with van der Waals surface area (Å²) < 4.78 is 0. The van der Waals surface area contributed by atoms with Gasteiger partial charge in [0.2, 0.25) is 5.91 Å². The van der Waals surface area contributed by atoms with Gasteiger partial charge >= 0.3 is 0 Å². The number of nitrogens with one attached hydrogen (secondary N) is 2. The van der Waals surface area contributed by atoms with Crippen LogP contribution in [0.4, 0.5) is 5.69 Å². The molecular weight excluding hydrogens is 336 g/mol. The van der Waals surface area contributed by atoms with Gasteiger partial charge in [-0.25, -0.2) is 9.97 Å². The number of fused-ring (bicyclic) bond motifs is 2. The number of amides is 1. The van der Waals surface area contributed by atoms with E-state index in [1.54, 1.807) is 12.4 Å². The average molecular weight is 359 g/mol. The van der Waals surface area contributed by atoms with Crippen molar-refractivity contribution in [1.82, 2.24) is 15.3 Å². The Hall–Kier alpha value is -1.98. The van der Waals surface area contributed by atoms with E-state index in [0.717, 1.165) is 18.4 Å². The maximum atomic E-state index is 12.3. The van der Waals surface area contributed by atoms with Crippen LogP contribution in [0.5, 0.6) is 0 Å². The maximum absolute atomic E-state index is 12.3. The lowest BCUT2D eigenvalue weighted by molar-refractivity contribution is -0.117. The zero-order chi connectivity index (χ0) is 16.4. The fraction of sp³-hybridized carbons (Fsp3) is 0.421. The van der Waals surface area contributed by atoms with E-state index in [1.165, 1.54) is 12.8 Å². The highest BCUT2D eigenvalue weighted by Crippen LogP contribution is 2.32. The van der Waals surface area contributed by atoms with Gasteiger partial charge in [0.05, 0.1) is 18.1 Å². The topological polar surface area (TPSA) is 66.9 Å². The van der Waals surface area contributed by atoms with E-state index < -0.39 is 0 Å². The molecule has 1 aromatic heterocycles. The third-order valence-electron chi connectivity index (χ3n) is 5.01. The summed E-state index contributed by atoms with van der Waals surface area (Å²) in [5, 5.41) is 6.55. The van der Waals surface area contributed by atoms with Crippen LogP contribution in [0.15, 0.2) is 42.7 Å². The molecule has 132 valence electrons. The maximum Gasteiger partial charge on any atom is 0.224 e. The molecule has 4 rings (SSSR count). The minimum Gasteiger partial charge on any atom is -0.323 e. The number of benzene rings is 1. The summed E-state index contributed by atoms with van der Waals surface area (Å²) in [5.74, 6) is 1.23. The Labute approximate surface area is 154 Å². The van der Waals surface area contributed by atoms with Crippen LogP contribution in [0.1, 0.15) is 32.1 Å². The van der Waals surface area contributed by atoms with Gasteiger partial charge in [-0.1, -0.05) is 30.3 Å². The standard InChI is InChI=1S/C19H22N4O.ClH/c24-18(10-13-8-15-6-7-16(9-13)22-15)23-17-11-20-19(21-12-17)14-4-2-1-3-5-14;/h1-5,11-13,15-16,22H,6-10H2,(H,23,24);1H. The number of hydrogen-bond acceptors (Lipinski definition) is 4. The Balaban J connectivity index is 0.00000182. The van der Waals surface area contributed by atoms with E-state index in [9.17, 15) is 4.79 Å². The summed E-state index contributed by atoms with van der Waals surface area (Å²) >= 11 is 0. The number of carbonyl (C=O) groups excluding carboxylic acids is 1. The molecule has 1 aromatic carbocycles. The molecule has 1 amide bonds. The highest BCUT2D eigenvalue weighted by Gasteiger charge is 2.34. The zero-order valence-electron chi connectivity index (χ0n) is 14.0. The van der Waals surface area contributed by atoms with Gasteiger partial charge in [0.15, 0.2) is 5.82 Å². The lowest BCUT2D eigenvalue weighted by Gasteiger charge is -2.28. The van der Waals surface area contributed by atoms with E-state index in [-0.39, 0.29) is 18.3 Å². The van der Waals surface area contributed by atoms with E-state index in [2.05, 4.69) is 20.6 Å². The molecule has 0 saturated carbocycles.